The van der Waals surface area contributed by atoms with Gasteiger partial charge in [-0.15, -0.1) is 0 Å². The minimum absolute atomic E-state index is 0.543. The number of nitrogens with zero attached hydrogens (tertiary/aromatic N) is 1. The zero-order valence-electron chi connectivity index (χ0n) is 13.0. The summed E-state index contributed by atoms with van der Waals surface area (Å²) >= 11 is 5.43. The highest BCUT2D eigenvalue weighted by Gasteiger charge is 2.14. The van der Waals surface area contributed by atoms with Gasteiger partial charge in [-0.05, 0) is 49.3 Å². The van der Waals surface area contributed by atoms with Gasteiger partial charge in [-0.25, -0.2) is 0 Å². The minimum Gasteiger partial charge on any atom is -0.378 e. The summed E-state index contributed by atoms with van der Waals surface area (Å²) in [7, 11) is 0. The van der Waals surface area contributed by atoms with Gasteiger partial charge in [0.2, 0.25) is 0 Å². The van der Waals surface area contributed by atoms with E-state index in [0.717, 1.165) is 37.1 Å². The summed E-state index contributed by atoms with van der Waals surface area (Å²) in [5, 5.41) is 7.48. The number of morpholine rings is 1. The van der Waals surface area contributed by atoms with E-state index >= 15 is 0 Å². The summed E-state index contributed by atoms with van der Waals surface area (Å²) in [5.74, 6) is 0. The molecule has 0 bridgehead atoms. The molecule has 2 N–H and O–H groups in total. The molecule has 1 saturated heterocycles. The number of hydrogen-bond acceptors (Lipinski definition) is 3. The van der Waals surface area contributed by atoms with E-state index in [1.807, 2.05) is 0 Å². The summed E-state index contributed by atoms with van der Waals surface area (Å²) in [6, 6.07) is 9.04. The van der Waals surface area contributed by atoms with Gasteiger partial charge in [0.25, 0.3) is 0 Å². The third kappa shape index (κ3) is 4.34. The summed E-state index contributed by atoms with van der Waals surface area (Å²) in [4.78, 5) is 2.35. The molecular weight excluding hydrogens is 294 g/mol. The van der Waals surface area contributed by atoms with Crippen LogP contribution in [-0.4, -0.2) is 37.5 Å². The number of benzene rings is 1. The number of anilines is 2. The molecule has 0 aromatic heterocycles. The first kappa shape index (κ1) is 15.6. The maximum absolute atomic E-state index is 5.43. The highest BCUT2D eigenvalue weighted by atomic mass is 32.1. The Labute approximate surface area is 138 Å². The standard InChI is InChI=1S/C17H25N3OS/c22-17(18-14-4-2-1-3-5-14)19-15-6-8-16(9-7-15)20-10-12-21-13-11-20/h6-9,14H,1-5,10-13H2,(H2,18,19,22). The molecule has 1 aromatic carbocycles. The molecule has 0 spiro atoms. The van der Waals surface area contributed by atoms with E-state index in [2.05, 4.69) is 39.8 Å². The SMILES string of the molecule is S=C(Nc1ccc(N2CCOCC2)cc1)NC1CCCCC1. The van der Waals surface area contributed by atoms with Crippen LogP contribution < -0.4 is 15.5 Å². The lowest BCUT2D eigenvalue weighted by Gasteiger charge is -2.29. The van der Waals surface area contributed by atoms with Crippen LogP contribution in [0.25, 0.3) is 0 Å². The molecule has 1 saturated carbocycles. The average Bonchev–Trinajstić information content (AvgIpc) is 2.57. The minimum atomic E-state index is 0.543. The predicted molar refractivity (Wildman–Crippen MR) is 95.7 cm³/mol. The first-order valence-corrected chi connectivity index (χ1v) is 8.72. The van der Waals surface area contributed by atoms with Gasteiger partial charge in [0.05, 0.1) is 13.2 Å². The van der Waals surface area contributed by atoms with Crippen molar-refractivity contribution in [2.24, 2.45) is 0 Å². The summed E-state index contributed by atoms with van der Waals surface area (Å²) in [5.41, 5.74) is 2.30. The van der Waals surface area contributed by atoms with E-state index in [1.165, 1.54) is 37.8 Å². The van der Waals surface area contributed by atoms with Crippen LogP contribution in [0.1, 0.15) is 32.1 Å². The third-order valence-electron chi connectivity index (χ3n) is 4.44. The second-order valence-corrected chi connectivity index (χ2v) is 6.49. The van der Waals surface area contributed by atoms with Crippen LogP contribution in [-0.2, 0) is 4.74 Å². The molecule has 1 heterocycles. The second-order valence-electron chi connectivity index (χ2n) is 6.08. The monoisotopic (exact) mass is 319 g/mol. The van der Waals surface area contributed by atoms with Crippen molar-refractivity contribution in [2.75, 3.05) is 36.5 Å². The molecule has 0 amide bonds. The number of rotatable bonds is 3. The Morgan fingerprint density at radius 1 is 1.05 bits per heavy atom. The molecule has 1 aromatic rings. The van der Waals surface area contributed by atoms with E-state index in [9.17, 15) is 0 Å². The van der Waals surface area contributed by atoms with Crippen molar-refractivity contribution in [3.63, 3.8) is 0 Å². The first-order chi connectivity index (χ1) is 10.8. The Morgan fingerprint density at radius 2 is 1.73 bits per heavy atom. The van der Waals surface area contributed by atoms with Gasteiger partial charge < -0.3 is 20.3 Å². The molecule has 5 heteroatoms. The molecule has 0 unspecified atom stereocenters. The fraction of sp³-hybridized carbons (Fsp3) is 0.588. The van der Waals surface area contributed by atoms with E-state index in [-0.39, 0.29) is 0 Å². The molecule has 3 rings (SSSR count). The van der Waals surface area contributed by atoms with Crippen LogP contribution in [0, 0.1) is 0 Å². The molecule has 0 radical (unpaired) electrons. The van der Waals surface area contributed by atoms with Crippen LogP contribution >= 0.6 is 12.2 Å². The molecule has 2 fully saturated rings. The zero-order valence-corrected chi connectivity index (χ0v) is 13.8. The molecule has 1 aliphatic carbocycles. The van der Waals surface area contributed by atoms with Gasteiger partial charge in [-0.1, -0.05) is 19.3 Å². The number of ether oxygens (including phenoxy) is 1. The summed E-state index contributed by atoms with van der Waals surface area (Å²) in [6.45, 7) is 3.56. The van der Waals surface area contributed by atoms with Crippen molar-refractivity contribution >= 4 is 28.7 Å². The lowest BCUT2D eigenvalue weighted by Crippen LogP contribution is -2.38. The van der Waals surface area contributed by atoms with Crippen LogP contribution in [0.15, 0.2) is 24.3 Å². The third-order valence-corrected chi connectivity index (χ3v) is 4.66. The lowest BCUT2D eigenvalue weighted by molar-refractivity contribution is 0.122. The fourth-order valence-electron chi connectivity index (χ4n) is 3.18. The van der Waals surface area contributed by atoms with Crippen molar-refractivity contribution in [2.45, 2.75) is 38.1 Å². The lowest BCUT2D eigenvalue weighted by atomic mass is 9.96. The Morgan fingerprint density at radius 3 is 2.41 bits per heavy atom. The maximum Gasteiger partial charge on any atom is 0.170 e. The molecule has 1 aliphatic heterocycles. The van der Waals surface area contributed by atoms with Crippen LogP contribution in [0.3, 0.4) is 0 Å². The molecule has 4 nitrogen and oxygen atoms in total. The molecule has 120 valence electrons. The van der Waals surface area contributed by atoms with E-state index in [4.69, 9.17) is 17.0 Å². The first-order valence-electron chi connectivity index (χ1n) is 8.31. The largest absolute Gasteiger partial charge is 0.378 e. The smallest absolute Gasteiger partial charge is 0.170 e. The Hall–Kier alpha value is -1.33. The van der Waals surface area contributed by atoms with Crippen LogP contribution in [0.4, 0.5) is 11.4 Å². The van der Waals surface area contributed by atoms with Crippen LogP contribution in [0.2, 0.25) is 0 Å². The van der Waals surface area contributed by atoms with Crippen molar-refractivity contribution in [3.8, 4) is 0 Å². The molecule has 22 heavy (non-hydrogen) atoms. The van der Waals surface area contributed by atoms with Crippen molar-refractivity contribution in [1.82, 2.24) is 5.32 Å². The highest BCUT2D eigenvalue weighted by molar-refractivity contribution is 7.80. The van der Waals surface area contributed by atoms with Crippen molar-refractivity contribution < 1.29 is 4.74 Å². The number of nitrogens with one attached hydrogen (secondary N) is 2. The van der Waals surface area contributed by atoms with Crippen molar-refractivity contribution in [3.05, 3.63) is 24.3 Å². The van der Waals surface area contributed by atoms with Crippen LogP contribution in [0.5, 0.6) is 0 Å². The number of thiocarbonyl (C=S) groups is 1. The molecule has 0 atom stereocenters. The summed E-state index contributed by atoms with van der Waals surface area (Å²) < 4.78 is 5.39. The zero-order chi connectivity index (χ0) is 15.2. The van der Waals surface area contributed by atoms with E-state index < -0.39 is 0 Å². The second kappa shape index (κ2) is 7.79. The normalized spacial score (nSPS) is 19.7. The molecule has 2 aliphatic rings. The van der Waals surface area contributed by atoms with Gasteiger partial charge in [-0.3, -0.25) is 0 Å². The van der Waals surface area contributed by atoms with Gasteiger partial charge in [0.1, 0.15) is 0 Å². The van der Waals surface area contributed by atoms with E-state index in [1.54, 1.807) is 0 Å². The fourth-order valence-corrected chi connectivity index (χ4v) is 3.46. The highest BCUT2D eigenvalue weighted by Crippen LogP contribution is 2.20. The predicted octanol–water partition coefficient (Wildman–Crippen LogP) is 3.14. The van der Waals surface area contributed by atoms with Gasteiger partial charge >= 0.3 is 0 Å². The quantitative estimate of drug-likeness (QED) is 0.837. The average molecular weight is 319 g/mol. The Bertz CT molecular complexity index is 479. The van der Waals surface area contributed by atoms with Gasteiger partial charge in [-0.2, -0.15) is 0 Å². The number of hydrogen-bond donors (Lipinski definition) is 2. The van der Waals surface area contributed by atoms with Gasteiger partial charge in [0.15, 0.2) is 5.11 Å². The molecular formula is C17H25N3OS. The van der Waals surface area contributed by atoms with Crippen molar-refractivity contribution in [1.29, 1.82) is 0 Å². The van der Waals surface area contributed by atoms with E-state index in [0.29, 0.717) is 6.04 Å². The maximum atomic E-state index is 5.43. The topological polar surface area (TPSA) is 36.5 Å². The Balaban J connectivity index is 1.50. The summed E-state index contributed by atoms with van der Waals surface area (Å²) in [6.07, 6.45) is 6.46. The Kier molecular flexibility index (Phi) is 5.51. The van der Waals surface area contributed by atoms with Gasteiger partial charge in [0, 0.05) is 30.5 Å².